The van der Waals surface area contributed by atoms with Crippen molar-refractivity contribution in [1.82, 2.24) is 25.1 Å². The van der Waals surface area contributed by atoms with E-state index in [1.807, 2.05) is 13.8 Å². The summed E-state index contributed by atoms with van der Waals surface area (Å²) >= 11 is 0. The molecule has 0 saturated heterocycles. The number of hydrogen-bond acceptors (Lipinski definition) is 7. The Bertz CT molecular complexity index is 514. The molecule has 0 aliphatic heterocycles. The van der Waals surface area contributed by atoms with Gasteiger partial charge in [-0.25, -0.2) is 9.97 Å². The summed E-state index contributed by atoms with van der Waals surface area (Å²) in [7, 11) is 0. The van der Waals surface area contributed by atoms with Crippen LogP contribution in [0.3, 0.4) is 0 Å². The maximum Gasteiger partial charge on any atom is 0.242 e. The molecule has 0 bridgehead atoms. The molecule has 8 heteroatoms. The predicted octanol–water partition coefficient (Wildman–Crippen LogP) is 1.14. The van der Waals surface area contributed by atoms with Gasteiger partial charge in [-0.15, -0.1) is 0 Å². The molecule has 0 saturated carbocycles. The summed E-state index contributed by atoms with van der Waals surface area (Å²) in [4.78, 5) is 12.2. The Hall–Kier alpha value is -2.38. The maximum absolute atomic E-state index is 5.97. The number of H-pyrrole nitrogens is 1. The fraction of sp³-hybridized carbons (Fsp3) is 0.455. The number of nitrogens with zero attached hydrogens (tertiary/aromatic N) is 4. The highest BCUT2D eigenvalue weighted by Crippen LogP contribution is 2.27. The van der Waals surface area contributed by atoms with Gasteiger partial charge in [-0.05, 0) is 13.3 Å². The molecule has 1 unspecified atom stereocenters. The number of rotatable bonds is 6. The van der Waals surface area contributed by atoms with E-state index in [-0.39, 0.29) is 6.04 Å². The van der Waals surface area contributed by atoms with E-state index in [0.29, 0.717) is 29.8 Å². The highest BCUT2D eigenvalue weighted by molar-refractivity contribution is 5.66. The highest BCUT2D eigenvalue weighted by Gasteiger charge is 2.14. The maximum atomic E-state index is 5.97. The van der Waals surface area contributed by atoms with Crippen LogP contribution in [0.15, 0.2) is 12.7 Å². The van der Waals surface area contributed by atoms with Gasteiger partial charge in [0.15, 0.2) is 5.82 Å². The Balaban J connectivity index is 2.12. The number of aromatic amines is 1. The third kappa shape index (κ3) is 3.09. The van der Waals surface area contributed by atoms with E-state index in [1.165, 1.54) is 12.7 Å². The van der Waals surface area contributed by atoms with Crippen molar-refractivity contribution >= 4 is 11.5 Å². The lowest BCUT2D eigenvalue weighted by molar-refractivity contribution is 0.306. The molecule has 0 amide bonds. The number of nitrogen functional groups attached to an aromatic ring is 1. The van der Waals surface area contributed by atoms with E-state index in [1.54, 1.807) is 0 Å². The monoisotopic (exact) mass is 263 g/mol. The minimum atomic E-state index is -0.0984. The molecule has 0 aliphatic carbocycles. The summed E-state index contributed by atoms with van der Waals surface area (Å²) in [5, 5.41) is 9.73. The van der Waals surface area contributed by atoms with Crippen LogP contribution in [0.5, 0.6) is 5.88 Å². The van der Waals surface area contributed by atoms with Crippen LogP contribution in [0.2, 0.25) is 0 Å². The number of nitrogens with one attached hydrogen (secondary N) is 2. The molecule has 0 radical (unpaired) electrons. The fourth-order valence-electron chi connectivity index (χ4n) is 1.51. The minimum absolute atomic E-state index is 0.0984. The first kappa shape index (κ1) is 13.1. The van der Waals surface area contributed by atoms with E-state index in [9.17, 15) is 0 Å². The van der Waals surface area contributed by atoms with Crippen molar-refractivity contribution in [3.63, 3.8) is 0 Å². The van der Waals surface area contributed by atoms with Crippen molar-refractivity contribution in [2.45, 2.75) is 26.3 Å². The zero-order valence-electron chi connectivity index (χ0n) is 10.9. The SMILES string of the molecule is CCCOc1ncnc(NC(C)c2ncn[nH]2)c1N. The lowest BCUT2D eigenvalue weighted by Gasteiger charge is -2.14. The molecule has 2 aromatic heterocycles. The van der Waals surface area contributed by atoms with Crippen molar-refractivity contribution < 1.29 is 4.74 Å². The Morgan fingerprint density at radius 3 is 2.89 bits per heavy atom. The second-order valence-electron chi connectivity index (χ2n) is 4.03. The molecule has 0 fully saturated rings. The Morgan fingerprint density at radius 1 is 1.37 bits per heavy atom. The van der Waals surface area contributed by atoms with Gasteiger partial charge in [0.2, 0.25) is 5.88 Å². The second-order valence-corrected chi connectivity index (χ2v) is 4.03. The number of aromatic nitrogens is 5. The summed E-state index contributed by atoms with van der Waals surface area (Å²) in [6, 6.07) is -0.0984. The smallest absolute Gasteiger partial charge is 0.242 e. The highest BCUT2D eigenvalue weighted by atomic mass is 16.5. The lowest BCUT2D eigenvalue weighted by Crippen LogP contribution is -2.13. The molecule has 0 aliphatic rings. The van der Waals surface area contributed by atoms with Gasteiger partial charge in [0.05, 0.1) is 12.6 Å². The van der Waals surface area contributed by atoms with E-state index >= 15 is 0 Å². The molecule has 2 rings (SSSR count). The normalized spacial score (nSPS) is 12.1. The molecule has 0 spiro atoms. The van der Waals surface area contributed by atoms with Crippen molar-refractivity contribution in [2.75, 3.05) is 17.7 Å². The quantitative estimate of drug-likeness (QED) is 0.715. The third-order valence-electron chi connectivity index (χ3n) is 2.49. The van der Waals surface area contributed by atoms with Gasteiger partial charge in [0, 0.05) is 0 Å². The Kier molecular flexibility index (Phi) is 4.11. The standard InChI is InChI=1S/C11H17N7O/c1-3-4-19-11-8(12)10(13-5-15-11)17-7(2)9-14-6-16-18-9/h5-7H,3-4,12H2,1-2H3,(H,13,15,17)(H,14,16,18). The van der Waals surface area contributed by atoms with Crippen LogP contribution in [-0.2, 0) is 0 Å². The number of anilines is 2. The molecule has 4 N–H and O–H groups in total. The molecule has 102 valence electrons. The van der Waals surface area contributed by atoms with Gasteiger partial charge in [0.1, 0.15) is 24.2 Å². The van der Waals surface area contributed by atoms with Gasteiger partial charge in [-0.3, -0.25) is 5.10 Å². The van der Waals surface area contributed by atoms with Crippen LogP contribution in [0.4, 0.5) is 11.5 Å². The molecule has 0 aromatic carbocycles. The molecule has 19 heavy (non-hydrogen) atoms. The van der Waals surface area contributed by atoms with Crippen LogP contribution in [0, 0.1) is 0 Å². The van der Waals surface area contributed by atoms with E-state index in [4.69, 9.17) is 10.5 Å². The molecule has 8 nitrogen and oxygen atoms in total. The molecular formula is C11H17N7O. The second kappa shape index (κ2) is 5.98. The molecule has 2 aromatic rings. The number of nitrogens with two attached hydrogens (primary N) is 1. The van der Waals surface area contributed by atoms with Crippen molar-refractivity contribution in [2.24, 2.45) is 0 Å². The van der Waals surface area contributed by atoms with Crippen molar-refractivity contribution in [3.05, 3.63) is 18.5 Å². The number of hydrogen-bond donors (Lipinski definition) is 3. The average molecular weight is 263 g/mol. The minimum Gasteiger partial charge on any atom is -0.476 e. The molecular weight excluding hydrogens is 246 g/mol. The fourth-order valence-corrected chi connectivity index (χ4v) is 1.51. The van der Waals surface area contributed by atoms with Gasteiger partial charge in [-0.2, -0.15) is 10.1 Å². The summed E-state index contributed by atoms with van der Waals surface area (Å²) in [6.07, 6.45) is 3.75. The number of ether oxygens (including phenoxy) is 1. The van der Waals surface area contributed by atoms with E-state index < -0.39 is 0 Å². The Morgan fingerprint density at radius 2 is 2.21 bits per heavy atom. The summed E-state index contributed by atoms with van der Waals surface area (Å²) in [5.74, 6) is 1.61. The zero-order valence-corrected chi connectivity index (χ0v) is 10.9. The van der Waals surface area contributed by atoms with Crippen LogP contribution >= 0.6 is 0 Å². The van der Waals surface area contributed by atoms with Crippen LogP contribution < -0.4 is 15.8 Å². The van der Waals surface area contributed by atoms with Crippen LogP contribution in [0.1, 0.15) is 32.1 Å². The van der Waals surface area contributed by atoms with Crippen LogP contribution in [0.25, 0.3) is 0 Å². The van der Waals surface area contributed by atoms with E-state index in [2.05, 4.69) is 30.5 Å². The molecule has 1 atom stereocenters. The van der Waals surface area contributed by atoms with Crippen molar-refractivity contribution in [3.8, 4) is 5.88 Å². The zero-order chi connectivity index (χ0) is 13.7. The predicted molar refractivity (Wildman–Crippen MR) is 70.7 cm³/mol. The summed E-state index contributed by atoms with van der Waals surface area (Å²) in [6.45, 7) is 4.51. The van der Waals surface area contributed by atoms with Crippen molar-refractivity contribution in [1.29, 1.82) is 0 Å². The molecule has 2 heterocycles. The first-order valence-corrected chi connectivity index (χ1v) is 6.07. The average Bonchev–Trinajstić information content (AvgIpc) is 2.94. The Labute approximate surface area is 110 Å². The van der Waals surface area contributed by atoms with Gasteiger partial charge in [0.25, 0.3) is 0 Å². The van der Waals surface area contributed by atoms with Gasteiger partial charge >= 0.3 is 0 Å². The van der Waals surface area contributed by atoms with Gasteiger partial charge in [-0.1, -0.05) is 6.92 Å². The third-order valence-corrected chi connectivity index (χ3v) is 2.49. The first-order valence-electron chi connectivity index (χ1n) is 6.07. The largest absolute Gasteiger partial charge is 0.476 e. The summed E-state index contributed by atoms with van der Waals surface area (Å²) < 4.78 is 5.45. The topological polar surface area (TPSA) is 115 Å². The van der Waals surface area contributed by atoms with Gasteiger partial charge < -0.3 is 15.8 Å². The van der Waals surface area contributed by atoms with Crippen LogP contribution in [-0.4, -0.2) is 31.8 Å². The van der Waals surface area contributed by atoms with E-state index in [0.717, 1.165) is 6.42 Å². The summed E-state index contributed by atoms with van der Waals surface area (Å²) in [5.41, 5.74) is 6.36. The first-order chi connectivity index (χ1) is 9.22. The lowest BCUT2D eigenvalue weighted by atomic mass is 10.3.